The van der Waals surface area contributed by atoms with Gasteiger partial charge < -0.3 is 10.4 Å². The zero-order valence-electron chi connectivity index (χ0n) is 13.3. The Morgan fingerprint density at radius 2 is 2.04 bits per heavy atom. The number of alkyl halides is 3. The summed E-state index contributed by atoms with van der Waals surface area (Å²) >= 11 is 0. The fourth-order valence-corrected chi connectivity index (χ4v) is 3.11. The molecule has 2 rings (SSSR count). The third kappa shape index (κ3) is 4.49. The second kappa shape index (κ2) is 7.23. The molecule has 2 N–H and O–H groups in total. The van der Waals surface area contributed by atoms with Crippen LogP contribution in [0.15, 0.2) is 24.3 Å². The van der Waals surface area contributed by atoms with Gasteiger partial charge in [-0.05, 0) is 30.4 Å². The molecule has 0 aromatic heterocycles. The molecule has 0 saturated heterocycles. The maximum absolute atomic E-state index is 12.7. The molecule has 1 amide bonds. The molecular weight excluding hydrogens is 323 g/mol. The molecule has 1 aromatic rings. The minimum absolute atomic E-state index is 0.0180. The van der Waals surface area contributed by atoms with Crippen LogP contribution in [0.3, 0.4) is 0 Å². The maximum atomic E-state index is 12.7. The summed E-state index contributed by atoms with van der Waals surface area (Å²) in [7, 11) is 0. The zero-order chi connectivity index (χ0) is 17.9. The largest absolute Gasteiger partial charge is 0.481 e. The highest BCUT2D eigenvalue weighted by atomic mass is 19.4. The summed E-state index contributed by atoms with van der Waals surface area (Å²) in [5.41, 5.74) is -0.310. The van der Waals surface area contributed by atoms with Gasteiger partial charge in [0.2, 0.25) is 5.91 Å². The number of benzene rings is 1. The van der Waals surface area contributed by atoms with Crippen molar-refractivity contribution < 1.29 is 27.9 Å². The number of aliphatic carboxylic acids is 1. The van der Waals surface area contributed by atoms with Gasteiger partial charge in [-0.15, -0.1) is 0 Å². The molecule has 1 aliphatic carbocycles. The minimum Gasteiger partial charge on any atom is -0.481 e. The summed E-state index contributed by atoms with van der Waals surface area (Å²) in [6.45, 7) is 1.68. The minimum atomic E-state index is -4.42. The van der Waals surface area contributed by atoms with Gasteiger partial charge in [0.05, 0.1) is 11.5 Å². The smallest absolute Gasteiger partial charge is 0.416 e. The lowest BCUT2D eigenvalue weighted by Gasteiger charge is -2.19. The standard InChI is InChI=1S/C17H20F3NO3/c1-10(11-4-2-5-12(9-11)17(18,19)20)8-15(22)21-14-7-3-6-13(14)16(23)24/h2,4-5,9-10,13-14H,3,6-8H2,1H3,(H,21,22)(H,23,24)/t10?,13-,14+/m0/s1. The molecule has 132 valence electrons. The molecule has 0 bridgehead atoms. The zero-order valence-corrected chi connectivity index (χ0v) is 13.3. The average molecular weight is 343 g/mol. The van der Waals surface area contributed by atoms with E-state index in [0.29, 0.717) is 18.4 Å². The van der Waals surface area contributed by atoms with Gasteiger partial charge >= 0.3 is 12.1 Å². The molecule has 0 heterocycles. The third-order valence-electron chi connectivity index (χ3n) is 4.45. The summed E-state index contributed by atoms with van der Waals surface area (Å²) in [5, 5.41) is 11.8. The van der Waals surface area contributed by atoms with Crippen molar-refractivity contribution in [3.05, 3.63) is 35.4 Å². The molecule has 1 fully saturated rings. The predicted octanol–water partition coefficient (Wildman–Crippen LogP) is 3.57. The van der Waals surface area contributed by atoms with Gasteiger partial charge in [0.15, 0.2) is 0 Å². The molecule has 24 heavy (non-hydrogen) atoms. The van der Waals surface area contributed by atoms with Crippen molar-refractivity contribution in [2.75, 3.05) is 0 Å². The van der Waals surface area contributed by atoms with Crippen LogP contribution >= 0.6 is 0 Å². The van der Waals surface area contributed by atoms with Crippen LogP contribution in [0.2, 0.25) is 0 Å². The Balaban J connectivity index is 1.98. The normalized spacial score (nSPS) is 22.2. The number of carboxylic acid groups (broad SMARTS) is 1. The number of carboxylic acids is 1. The molecule has 0 aliphatic heterocycles. The van der Waals surface area contributed by atoms with Crippen LogP contribution in [0.4, 0.5) is 13.2 Å². The van der Waals surface area contributed by atoms with Crippen molar-refractivity contribution in [2.45, 2.75) is 50.7 Å². The van der Waals surface area contributed by atoms with Gasteiger partial charge in [0.1, 0.15) is 0 Å². The Labute approximate surface area is 138 Å². The predicted molar refractivity (Wildman–Crippen MR) is 81.4 cm³/mol. The first kappa shape index (κ1) is 18.3. The summed E-state index contributed by atoms with van der Waals surface area (Å²) in [6, 6.07) is 4.52. The number of hydrogen-bond acceptors (Lipinski definition) is 2. The fraction of sp³-hybridized carbons (Fsp3) is 0.529. The van der Waals surface area contributed by atoms with Gasteiger partial charge in [0, 0.05) is 12.5 Å². The van der Waals surface area contributed by atoms with Gasteiger partial charge in [-0.25, -0.2) is 0 Å². The van der Waals surface area contributed by atoms with Gasteiger partial charge in [0.25, 0.3) is 0 Å². The van der Waals surface area contributed by atoms with E-state index in [1.54, 1.807) is 13.0 Å². The first-order valence-corrected chi connectivity index (χ1v) is 7.88. The molecule has 3 atom stereocenters. The van der Waals surface area contributed by atoms with Gasteiger partial charge in [-0.3, -0.25) is 9.59 Å². The molecule has 4 nitrogen and oxygen atoms in total. The highest BCUT2D eigenvalue weighted by Gasteiger charge is 2.34. The van der Waals surface area contributed by atoms with E-state index in [9.17, 15) is 22.8 Å². The Morgan fingerprint density at radius 1 is 1.33 bits per heavy atom. The summed E-state index contributed by atoms with van der Waals surface area (Å²) in [4.78, 5) is 23.2. The Kier molecular flexibility index (Phi) is 5.51. The van der Waals surface area contributed by atoms with Crippen molar-refractivity contribution in [1.29, 1.82) is 0 Å². The van der Waals surface area contributed by atoms with E-state index in [1.165, 1.54) is 6.07 Å². The molecule has 1 unspecified atom stereocenters. The Morgan fingerprint density at radius 3 is 2.67 bits per heavy atom. The fourth-order valence-electron chi connectivity index (χ4n) is 3.11. The number of hydrogen-bond donors (Lipinski definition) is 2. The maximum Gasteiger partial charge on any atom is 0.416 e. The number of carbonyl (C=O) groups is 2. The topological polar surface area (TPSA) is 66.4 Å². The number of nitrogens with one attached hydrogen (secondary N) is 1. The van der Waals surface area contributed by atoms with Crippen LogP contribution in [0.25, 0.3) is 0 Å². The van der Waals surface area contributed by atoms with Gasteiger partial charge in [-0.1, -0.05) is 31.5 Å². The molecule has 0 spiro atoms. The molecule has 1 aromatic carbocycles. The number of carbonyl (C=O) groups excluding carboxylic acids is 1. The van der Waals surface area contributed by atoms with Crippen LogP contribution in [0, 0.1) is 5.92 Å². The van der Waals surface area contributed by atoms with Crippen LogP contribution in [-0.4, -0.2) is 23.0 Å². The van der Waals surface area contributed by atoms with Crippen molar-refractivity contribution in [3.63, 3.8) is 0 Å². The second-order valence-corrected chi connectivity index (χ2v) is 6.28. The van der Waals surface area contributed by atoms with E-state index < -0.39 is 35.6 Å². The molecule has 1 aliphatic rings. The molecular formula is C17H20F3NO3. The lowest BCUT2D eigenvalue weighted by atomic mass is 9.95. The van der Waals surface area contributed by atoms with Gasteiger partial charge in [-0.2, -0.15) is 13.2 Å². The van der Waals surface area contributed by atoms with E-state index in [1.807, 2.05) is 0 Å². The van der Waals surface area contributed by atoms with E-state index >= 15 is 0 Å². The number of halogens is 3. The van der Waals surface area contributed by atoms with Crippen LogP contribution in [-0.2, 0) is 15.8 Å². The van der Waals surface area contributed by atoms with Crippen molar-refractivity contribution in [3.8, 4) is 0 Å². The Bertz CT molecular complexity index is 615. The lowest BCUT2D eigenvalue weighted by molar-refractivity contribution is -0.142. The van der Waals surface area contributed by atoms with E-state index in [0.717, 1.165) is 18.6 Å². The average Bonchev–Trinajstić information content (AvgIpc) is 2.94. The SMILES string of the molecule is CC(CC(=O)N[C@@H]1CCC[C@@H]1C(=O)O)c1cccc(C(F)(F)F)c1. The van der Waals surface area contributed by atoms with Crippen molar-refractivity contribution in [2.24, 2.45) is 5.92 Å². The summed E-state index contributed by atoms with van der Waals surface area (Å²) < 4.78 is 38.2. The lowest BCUT2D eigenvalue weighted by Crippen LogP contribution is -2.40. The number of rotatable bonds is 5. The third-order valence-corrected chi connectivity index (χ3v) is 4.45. The van der Waals surface area contributed by atoms with Crippen molar-refractivity contribution in [1.82, 2.24) is 5.32 Å². The Hall–Kier alpha value is -2.05. The molecule has 0 radical (unpaired) electrons. The highest BCUT2D eigenvalue weighted by Crippen LogP contribution is 2.32. The summed E-state index contributed by atoms with van der Waals surface area (Å²) in [5.74, 6) is -2.24. The first-order chi connectivity index (χ1) is 11.2. The van der Waals surface area contributed by atoms with E-state index in [4.69, 9.17) is 5.11 Å². The van der Waals surface area contributed by atoms with E-state index in [-0.39, 0.29) is 12.3 Å². The summed E-state index contributed by atoms with van der Waals surface area (Å²) in [6.07, 6.45) is -2.52. The van der Waals surface area contributed by atoms with Crippen molar-refractivity contribution >= 4 is 11.9 Å². The molecule has 7 heteroatoms. The quantitative estimate of drug-likeness (QED) is 0.859. The van der Waals surface area contributed by atoms with E-state index in [2.05, 4.69) is 5.32 Å². The molecule has 1 saturated carbocycles. The van der Waals surface area contributed by atoms with Crippen LogP contribution < -0.4 is 5.32 Å². The second-order valence-electron chi connectivity index (χ2n) is 6.28. The monoisotopic (exact) mass is 343 g/mol. The van der Waals surface area contributed by atoms with Crippen LogP contribution in [0.1, 0.15) is 49.7 Å². The number of amides is 1. The first-order valence-electron chi connectivity index (χ1n) is 7.88. The highest BCUT2D eigenvalue weighted by molar-refractivity contribution is 5.79. The van der Waals surface area contributed by atoms with Crippen LogP contribution in [0.5, 0.6) is 0 Å².